The Morgan fingerprint density at radius 2 is 1.72 bits per heavy atom. The van der Waals surface area contributed by atoms with Gasteiger partial charge in [0, 0.05) is 36.1 Å². The van der Waals surface area contributed by atoms with E-state index >= 15 is 4.39 Å². The third-order valence-corrected chi connectivity index (χ3v) is 8.35. The number of aliphatic hydroxyl groups is 1. The lowest BCUT2D eigenvalue weighted by Crippen LogP contribution is -2.06. The Bertz CT molecular complexity index is 2080. The number of ether oxygens (including phenoxy) is 1. The standard InChI is InChI=1S/C30H22ClF6N3O5S/c1-14-38-26(30(35,36)37)12-40(14)23-7-5-16(18-9-22(32)20(13-41)25(11-18)46(3,42)43)8-19(23)27-28(44-15(2)39-27)17-4-6-21(31)24(10-17)45-29(33)34/h4-12,29,41H,13H2,1-3H3. The van der Waals surface area contributed by atoms with E-state index in [1.807, 2.05) is 0 Å². The number of halogens is 7. The number of sulfone groups is 1. The number of nitrogens with zero attached hydrogens (tertiary/aromatic N) is 3. The van der Waals surface area contributed by atoms with Crippen molar-refractivity contribution in [3.8, 4) is 45.1 Å². The number of alkyl halides is 5. The third-order valence-electron chi connectivity index (χ3n) is 6.87. The molecule has 0 atom stereocenters. The molecule has 5 aromatic rings. The number of aromatic nitrogens is 3. The van der Waals surface area contributed by atoms with Gasteiger partial charge in [-0.2, -0.15) is 22.0 Å². The van der Waals surface area contributed by atoms with Gasteiger partial charge in [0.05, 0.1) is 22.2 Å². The topological polar surface area (TPSA) is 107 Å². The molecule has 0 radical (unpaired) electrons. The van der Waals surface area contributed by atoms with Crippen LogP contribution in [0.4, 0.5) is 26.3 Å². The van der Waals surface area contributed by atoms with E-state index in [-0.39, 0.29) is 61.9 Å². The van der Waals surface area contributed by atoms with E-state index in [9.17, 15) is 35.5 Å². The molecule has 0 saturated carbocycles. The van der Waals surface area contributed by atoms with Gasteiger partial charge in [0.1, 0.15) is 23.1 Å². The van der Waals surface area contributed by atoms with Crippen molar-refractivity contribution in [3.05, 3.63) is 88.5 Å². The van der Waals surface area contributed by atoms with Gasteiger partial charge in [-0.1, -0.05) is 17.7 Å². The Labute approximate surface area is 262 Å². The fourth-order valence-electron chi connectivity index (χ4n) is 4.87. The summed E-state index contributed by atoms with van der Waals surface area (Å²) in [5.41, 5.74) is -0.893. The fraction of sp³-hybridized carbons (Fsp3) is 0.200. The predicted molar refractivity (Wildman–Crippen MR) is 155 cm³/mol. The van der Waals surface area contributed by atoms with Crippen molar-refractivity contribution >= 4 is 21.4 Å². The minimum atomic E-state index is -4.77. The Kier molecular flexibility index (Phi) is 8.70. The van der Waals surface area contributed by atoms with Gasteiger partial charge in [0.2, 0.25) is 0 Å². The molecular weight excluding hydrogens is 664 g/mol. The number of oxazole rings is 1. The molecule has 0 fully saturated rings. The molecule has 0 aliphatic heterocycles. The van der Waals surface area contributed by atoms with Crippen LogP contribution in [0.2, 0.25) is 5.02 Å². The van der Waals surface area contributed by atoms with Gasteiger partial charge in [-0.15, -0.1) is 0 Å². The molecule has 5 rings (SSSR count). The zero-order valence-electron chi connectivity index (χ0n) is 24.0. The molecule has 242 valence electrons. The Morgan fingerprint density at radius 3 is 2.33 bits per heavy atom. The zero-order chi connectivity index (χ0) is 33.7. The van der Waals surface area contributed by atoms with Crippen LogP contribution in [0.15, 0.2) is 64.0 Å². The highest BCUT2D eigenvalue weighted by atomic mass is 35.5. The second kappa shape index (κ2) is 12.1. The summed E-state index contributed by atoms with van der Waals surface area (Å²) in [6.07, 6.45) is -3.15. The second-order valence-corrected chi connectivity index (χ2v) is 12.5. The number of hydrogen-bond acceptors (Lipinski definition) is 7. The highest BCUT2D eigenvalue weighted by Gasteiger charge is 2.35. The van der Waals surface area contributed by atoms with E-state index in [4.69, 9.17) is 16.0 Å². The lowest BCUT2D eigenvalue weighted by Gasteiger charge is -2.15. The lowest BCUT2D eigenvalue weighted by molar-refractivity contribution is -0.141. The lowest BCUT2D eigenvalue weighted by atomic mass is 9.97. The molecule has 0 aliphatic carbocycles. The molecule has 46 heavy (non-hydrogen) atoms. The summed E-state index contributed by atoms with van der Waals surface area (Å²) in [5.74, 6) is -1.35. The molecule has 1 N–H and O–H groups in total. The van der Waals surface area contributed by atoms with Gasteiger partial charge in [0.25, 0.3) is 0 Å². The first-order valence-electron chi connectivity index (χ1n) is 13.1. The molecule has 2 aromatic heterocycles. The molecular formula is C30H22ClF6N3O5S. The molecule has 8 nitrogen and oxygen atoms in total. The van der Waals surface area contributed by atoms with Gasteiger partial charge in [-0.05, 0) is 60.5 Å². The molecule has 0 aliphatic rings. The van der Waals surface area contributed by atoms with Crippen molar-refractivity contribution in [2.24, 2.45) is 0 Å². The summed E-state index contributed by atoms with van der Waals surface area (Å²) in [4.78, 5) is 7.60. The Morgan fingerprint density at radius 1 is 1.02 bits per heavy atom. The maximum absolute atomic E-state index is 15.1. The Balaban J connectivity index is 1.80. The summed E-state index contributed by atoms with van der Waals surface area (Å²) >= 11 is 6.02. The maximum atomic E-state index is 15.1. The number of aryl methyl sites for hydroxylation is 2. The molecule has 0 amide bonds. The number of rotatable bonds is 8. The minimum Gasteiger partial charge on any atom is -0.440 e. The van der Waals surface area contributed by atoms with Crippen LogP contribution in [0, 0.1) is 19.7 Å². The van der Waals surface area contributed by atoms with Crippen molar-refractivity contribution in [1.82, 2.24) is 14.5 Å². The van der Waals surface area contributed by atoms with Crippen molar-refractivity contribution in [1.29, 1.82) is 0 Å². The minimum absolute atomic E-state index is 0.000805. The number of imidazole rings is 1. The van der Waals surface area contributed by atoms with Crippen molar-refractivity contribution in [2.45, 2.75) is 38.1 Å². The molecule has 3 aromatic carbocycles. The van der Waals surface area contributed by atoms with Gasteiger partial charge in [-0.3, -0.25) is 0 Å². The zero-order valence-corrected chi connectivity index (χ0v) is 25.5. The summed E-state index contributed by atoms with van der Waals surface area (Å²) in [6.45, 7) is -1.26. The molecule has 0 saturated heterocycles. The van der Waals surface area contributed by atoms with Crippen LogP contribution in [0.1, 0.15) is 23.0 Å². The summed E-state index contributed by atoms with van der Waals surface area (Å²) in [6, 6.07) is 10.3. The van der Waals surface area contributed by atoms with Crippen LogP contribution in [0.3, 0.4) is 0 Å². The van der Waals surface area contributed by atoms with Gasteiger partial charge >= 0.3 is 12.8 Å². The molecule has 0 spiro atoms. The van der Waals surface area contributed by atoms with E-state index in [0.717, 1.165) is 29.2 Å². The van der Waals surface area contributed by atoms with Gasteiger partial charge in [0.15, 0.2) is 27.2 Å². The van der Waals surface area contributed by atoms with Crippen molar-refractivity contribution < 1.29 is 49.0 Å². The molecule has 2 heterocycles. The summed E-state index contributed by atoms with van der Waals surface area (Å²) < 4.78 is 118. The smallest absolute Gasteiger partial charge is 0.434 e. The third kappa shape index (κ3) is 6.48. The number of hydrogen-bond donors (Lipinski definition) is 1. The highest BCUT2D eigenvalue weighted by Crippen LogP contribution is 2.42. The van der Waals surface area contributed by atoms with E-state index in [1.165, 1.54) is 50.2 Å². The molecule has 0 unspecified atom stereocenters. The summed E-state index contributed by atoms with van der Waals surface area (Å²) in [5, 5.41) is 9.49. The number of aliphatic hydroxyl groups excluding tert-OH is 1. The van der Waals surface area contributed by atoms with Crippen LogP contribution in [0.25, 0.3) is 39.4 Å². The van der Waals surface area contributed by atoms with Crippen LogP contribution >= 0.6 is 11.6 Å². The van der Waals surface area contributed by atoms with E-state index < -0.39 is 51.2 Å². The predicted octanol–water partition coefficient (Wildman–Crippen LogP) is 7.79. The van der Waals surface area contributed by atoms with Crippen LogP contribution in [-0.2, 0) is 22.6 Å². The SMILES string of the molecule is Cc1nc(-c2cc(-c3cc(F)c(CO)c(S(C)(=O)=O)c3)ccc2-n2cc(C(F)(F)F)nc2C)c(-c2ccc(Cl)c(OC(F)F)c2)o1. The van der Waals surface area contributed by atoms with E-state index in [1.54, 1.807) is 0 Å². The van der Waals surface area contributed by atoms with E-state index in [0.29, 0.717) is 0 Å². The van der Waals surface area contributed by atoms with Crippen LogP contribution < -0.4 is 4.74 Å². The first-order valence-corrected chi connectivity index (χ1v) is 15.4. The van der Waals surface area contributed by atoms with Crippen LogP contribution in [-0.4, -0.2) is 40.9 Å². The van der Waals surface area contributed by atoms with E-state index in [2.05, 4.69) is 14.7 Å². The summed E-state index contributed by atoms with van der Waals surface area (Å²) in [7, 11) is -4.01. The quantitative estimate of drug-likeness (QED) is 0.166. The normalized spacial score (nSPS) is 12.3. The van der Waals surface area contributed by atoms with Gasteiger partial charge < -0.3 is 18.8 Å². The largest absolute Gasteiger partial charge is 0.440 e. The Hall–Kier alpha value is -4.34. The number of benzene rings is 3. The maximum Gasteiger partial charge on any atom is 0.434 e. The fourth-order valence-corrected chi connectivity index (χ4v) is 5.98. The van der Waals surface area contributed by atoms with Crippen LogP contribution in [0.5, 0.6) is 5.75 Å². The monoisotopic (exact) mass is 685 g/mol. The first-order chi connectivity index (χ1) is 21.5. The average molecular weight is 686 g/mol. The second-order valence-electron chi connectivity index (χ2n) is 10.1. The molecule has 16 heteroatoms. The van der Waals surface area contributed by atoms with Crippen molar-refractivity contribution in [3.63, 3.8) is 0 Å². The first kappa shape index (κ1) is 33.0. The molecule has 0 bridgehead atoms. The van der Waals surface area contributed by atoms with Crippen molar-refractivity contribution in [2.75, 3.05) is 6.26 Å². The van der Waals surface area contributed by atoms with Gasteiger partial charge in [-0.25, -0.2) is 22.8 Å². The average Bonchev–Trinajstić information content (AvgIpc) is 3.55. The highest BCUT2D eigenvalue weighted by molar-refractivity contribution is 7.90.